The first-order chi connectivity index (χ1) is 8.58. The summed E-state index contributed by atoms with van der Waals surface area (Å²) in [5.41, 5.74) is 1.55. The van der Waals surface area contributed by atoms with Gasteiger partial charge in [-0.05, 0) is 12.0 Å². The van der Waals surface area contributed by atoms with E-state index in [1.807, 2.05) is 19.1 Å². The lowest BCUT2D eigenvalue weighted by Gasteiger charge is -2.10. The van der Waals surface area contributed by atoms with Gasteiger partial charge in [-0.3, -0.25) is 9.59 Å². The molecule has 5 heteroatoms. The Bertz CT molecular complexity index is 439. The monoisotopic (exact) mass is 249 g/mol. The lowest BCUT2D eigenvalue weighted by atomic mass is 10.0. The number of carbonyl (C=O) groups excluding carboxylic acids is 2. The number of aliphatic carboxylic acids is 1. The van der Waals surface area contributed by atoms with Gasteiger partial charge in [-0.2, -0.15) is 0 Å². The van der Waals surface area contributed by atoms with E-state index in [0.717, 1.165) is 12.0 Å². The highest BCUT2D eigenvalue weighted by molar-refractivity contribution is 5.99. The van der Waals surface area contributed by atoms with Crippen molar-refractivity contribution in [3.05, 3.63) is 35.4 Å². The second-order valence-electron chi connectivity index (χ2n) is 3.85. The molecule has 1 rings (SSSR count). The van der Waals surface area contributed by atoms with E-state index < -0.39 is 12.0 Å². The number of nitrogens with one attached hydrogen (secondary N) is 1. The quantitative estimate of drug-likeness (QED) is 0.558. The first-order valence-corrected chi connectivity index (χ1v) is 5.63. The van der Waals surface area contributed by atoms with Gasteiger partial charge in [0.25, 0.3) is 0 Å². The van der Waals surface area contributed by atoms with Crippen LogP contribution in [0.1, 0.15) is 29.3 Å². The van der Waals surface area contributed by atoms with Gasteiger partial charge in [-0.15, -0.1) is 0 Å². The topological polar surface area (TPSA) is 83.5 Å². The second kappa shape index (κ2) is 6.54. The summed E-state index contributed by atoms with van der Waals surface area (Å²) in [7, 11) is 0. The molecule has 0 saturated heterocycles. The van der Waals surface area contributed by atoms with Gasteiger partial charge in [0, 0.05) is 12.0 Å². The van der Waals surface area contributed by atoms with Crippen LogP contribution >= 0.6 is 0 Å². The number of Topliss-reactive ketones (excluding diaryl/α,β-unsaturated/α-hetero) is 1. The molecule has 0 fully saturated rings. The molecule has 1 aromatic rings. The number of carboxylic acids is 1. The van der Waals surface area contributed by atoms with E-state index in [1.165, 1.54) is 0 Å². The van der Waals surface area contributed by atoms with E-state index in [-0.39, 0.29) is 18.6 Å². The standard InChI is InChI=1S/C13H15NO4/c1-2-9-3-5-10(6-4-9)12(16)7-11(13(17)18)14-8-15/h3-6,8,11H,2,7H2,1H3,(H,14,15)(H,17,18). The summed E-state index contributed by atoms with van der Waals surface area (Å²) < 4.78 is 0. The number of hydrogen-bond acceptors (Lipinski definition) is 3. The molecule has 0 aliphatic heterocycles. The minimum atomic E-state index is -1.22. The average Bonchev–Trinajstić information content (AvgIpc) is 2.38. The van der Waals surface area contributed by atoms with Crippen LogP contribution in [0.2, 0.25) is 0 Å². The SMILES string of the molecule is CCc1ccc(C(=O)CC(NC=O)C(=O)O)cc1. The predicted octanol–water partition coefficient (Wildman–Crippen LogP) is 1.02. The van der Waals surface area contributed by atoms with Gasteiger partial charge in [-0.25, -0.2) is 4.79 Å². The first-order valence-electron chi connectivity index (χ1n) is 5.63. The van der Waals surface area contributed by atoms with E-state index in [0.29, 0.717) is 5.56 Å². The minimum Gasteiger partial charge on any atom is -0.480 e. The molecule has 0 aliphatic rings. The molecule has 0 bridgehead atoms. The van der Waals surface area contributed by atoms with E-state index >= 15 is 0 Å². The third kappa shape index (κ3) is 3.69. The molecule has 1 unspecified atom stereocenters. The van der Waals surface area contributed by atoms with Crippen molar-refractivity contribution in [3.63, 3.8) is 0 Å². The van der Waals surface area contributed by atoms with Crippen molar-refractivity contribution in [1.82, 2.24) is 5.32 Å². The normalized spacial score (nSPS) is 11.6. The zero-order chi connectivity index (χ0) is 13.5. The molecule has 2 N–H and O–H groups in total. The Morgan fingerprint density at radius 2 is 1.94 bits per heavy atom. The van der Waals surface area contributed by atoms with E-state index in [9.17, 15) is 14.4 Å². The number of carbonyl (C=O) groups is 3. The highest BCUT2D eigenvalue weighted by Gasteiger charge is 2.20. The average molecular weight is 249 g/mol. The smallest absolute Gasteiger partial charge is 0.326 e. The second-order valence-corrected chi connectivity index (χ2v) is 3.85. The zero-order valence-corrected chi connectivity index (χ0v) is 10.1. The molecule has 0 aliphatic carbocycles. The Morgan fingerprint density at radius 3 is 2.39 bits per heavy atom. The van der Waals surface area contributed by atoms with Crippen LogP contribution in [-0.2, 0) is 16.0 Å². The lowest BCUT2D eigenvalue weighted by Crippen LogP contribution is -2.37. The van der Waals surface area contributed by atoms with Crippen LogP contribution in [0, 0.1) is 0 Å². The Balaban J connectivity index is 2.73. The fraction of sp³-hybridized carbons (Fsp3) is 0.308. The zero-order valence-electron chi connectivity index (χ0n) is 10.1. The van der Waals surface area contributed by atoms with Crippen LogP contribution in [0.3, 0.4) is 0 Å². The molecular weight excluding hydrogens is 234 g/mol. The van der Waals surface area contributed by atoms with Crippen molar-refractivity contribution in [2.45, 2.75) is 25.8 Å². The van der Waals surface area contributed by atoms with E-state index in [4.69, 9.17) is 5.11 Å². The van der Waals surface area contributed by atoms with Crippen LogP contribution in [-0.4, -0.2) is 29.3 Å². The molecule has 0 aromatic heterocycles. The summed E-state index contributed by atoms with van der Waals surface area (Å²) in [4.78, 5) is 32.8. The van der Waals surface area contributed by atoms with Crippen molar-refractivity contribution < 1.29 is 19.5 Å². The maximum Gasteiger partial charge on any atom is 0.326 e. The number of amides is 1. The molecule has 0 saturated carbocycles. The van der Waals surface area contributed by atoms with Gasteiger partial charge < -0.3 is 10.4 Å². The van der Waals surface area contributed by atoms with Crippen molar-refractivity contribution in [2.75, 3.05) is 0 Å². The highest BCUT2D eigenvalue weighted by Crippen LogP contribution is 2.09. The number of benzene rings is 1. The summed E-state index contributed by atoms with van der Waals surface area (Å²) in [5.74, 6) is -1.53. The molecule has 96 valence electrons. The van der Waals surface area contributed by atoms with Crippen molar-refractivity contribution >= 4 is 18.2 Å². The first kappa shape index (κ1) is 13.9. The highest BCUT2D eigenvalue weighted by atomic mass is 16.4. The third-order valence-electron chi connectivity index (χ3n) is 2.64. The molecule has 0 heterocycles. The fourth-order valence-electron chi connectivity index (χ4n) is 1.53. The molecule has 1 aromatic carbocycles. The fourth-order valence-corrected chi connectivity index (χ4v) is 1.53. The van der Waals surface area contributed by atoms with Crippen LogP contribution in [0.5, 0.6) is 0 Å². The van der Waals surface area contributed by atoms with E-state index in [1.54, 1.807) is 12.1 Å². The Labute approximate surface area is 105 Å². The van der Waals surface area contributed by atoms with Crippen LogP contribution in [0.25, 0.3) is 0 Å². The maximum absolute atomic E-state index is 11.8. The van der Waals surface area contributed by atoms with Gasteiger partial charge in [0.2, 0.25) is 6.41 Å². The van der Waals surface area contributed by atoms with Crippen LogP contribution in [0.4, 0.5) is 0 Å². The molecule has 0 radical (unpaired) electrons. The number of carboxylic acid groups (broad SMARTS) is 1. The third-order valence-corrected chi connectivity index (χ3v) is 2.64. The number of hydrogen-bond donors (Lipinski definition) is 2. The van der Waals surface area contributed by atoms with Gasteiger partial charge >= 0.3 is 5.97 Å². The maximum atomic E-state index is 11.8. The largest absolute Gasteiger partial charge is 0.480 e. The number of aryl methyl sites for hydroxylation is 1. The Kier molecular flexibility index (Phi) is 5.05. The Morgan fingerprint density at radius 1 is 1.33 bits per heavy atom. The van der Waals surface area contributed by atoms with Gasteiger partial charge in [0.1, 0.15) is 6.04 Å². The van der Waals surface area contributed by atoms with Gasteiger partial charge in [0.05, 0.1) is 0 Å². The van der Waals surface area contributed by atoms with Crippen molar-refractivity contribution in [1.29, 1.82) is 0 Å². The van der Waals surface area contributed by atoms with Gasteiger partial charge in [0.15, 0.2) is 5.78 Å². The summed E-state index contributed by atoms with van der Waals surface area (Å²) in [6.07, 6.45) is 0.907. The molecule has 1 atom stereocenters. The van der Waals surface area contributed by atoms with Gasteiger partial charge in [-0.1, -0.05) is 31.2 Å². The summed E-state index contributed by atoms with van der Waals surface area (Å²) >= 11 is 0. The van der Waals surface area contributed by atoms with E-state index in [2.05, 4.69) is 5.32 Å². The molecular formula is C13H15NO4. The predicted molar refractivity (Wildman–Crippen MR) is 65.4 cm³/mol. The minimum absolute atomic E-state index is 0.250. The van der Waals surface area contributed by atoms with Crippen LogP contribution < -0.4 is 5.32 Å². The molecule has 1 amide bonds. The molecule has 5 nitrogen and oxygen atoms in total. The summed E-state index contributed by atoms with van der Waals surface area (Å²) in [6, 6.07) is 5.81. The molecule has 0 spiro atoms. The molecule has 18 heavy (non-hydrogen) atoms. The lowest BCUT2D eigenvalue weighted by molar-refractivity contribution is -0.140. The van der Waals surface area contributed by atoms with Crippen molar-refractivity contribution in [3.8, 4) is 0 Å². The Hall–Kier alpha value is -2.17. The number of rotatable bonds is 7. The summed E-state index contributed by atoms with van der Waals surface area (Å²) in [5, 5.41) is 10.9. The van der Waals surface area contributed by atoms with Crippen LogP contribution in [0.15, 0.2) is 24.3 Å². The summed E-state index contributed by atoms with van der Waals surface area (Å²) in [6.45, 7) is 2.01. The number of ketones is 1. The van der Waals surface area contributed by atoms with Crippen molar-refractivity contribution in [2.24, 2.45) is 0 Å².